The van der Waals surface area contributed by atoms with Crippen LogP contribution < -0.4 is 16.0 Å². The van der Waals surface area contributed by atoms with Crippen LogP contribution in [0, 0.1) is 0 Å². The van der Waals surface area contributed by atoms with Crippen molar-refractivity contribution in [2.75, 3.05) is 39.6 Å². The van der Waals surface area contributed by atoms with E-state index in [2.05, 4.69) is 41.9 Å². The molecule has 0 aromatic carbocycles. The lowest BCUT2D eigenvalue weighted by Gasteiger charge is -2.50. The first-order chi connectivity index (χ1) is 51.6. The summed E-state index contributed by atoms with van der Waals surface area (Å²) in [4.78, 5) is 38.5. The predicted molar refractivity (Wildman–Crippen MR) is 389 cm³/mol. The number of amides is 3. The molecule has 0 radical (unpaired) electrons. The lowest BCUT2D eigenvalue weighted by atomic mass is 9.94. The first kappa shape index (κ1) is 94.5. The van der Waals surface area contributed by atoms with Gasteiger partial charge in [0.2, 0.25) is 17.7 Å². The highest BCUT2D eigenvalue weighted by Gasteiger charge is 2.57. The third-order valence-corrected chi connectivity index (χ3v) is 20.8. The van der Waals surface area contributed by atoms with Gasteiger partial charge < -0.3 is 140 Å². The van der Waals surface area contributed by atoms with Gasteiger partial charge in [-0.3, -0.25) is 14.4 Å². The highest BCUT2D eigenvalue weighted by Crippen LogP contribution is 2.37. The Labute approximate surface area is 632 Å². The van der Waals surface area contributed by atoms with Crippen molar-refractivity contribution in [1.29, 1.82) is 0 Å². The van der Waals surface area contributed by atoms with Gasteiger partial charge >= 0.3 is 0 Å². The minimum absolute atomic E-state index is 0.186. The molecule has 0 bridgehead atoms. The van der Waals surface area contributed by atoms with Crippen LogP contribution in [0.25, 0.3) is 0 Å². The van der Waals surface area contributed by atoms with E-state index in [1.165, 1.54) is 128 Å². The van der Waals surface area contributed by atoms with Crippen molar-refractivity contribution in [3.05, 3.63) is 24.3 Å². The minimum atomic E-state index is -2.16. The zero-order valence-electron chi connectivity index (χ0n) is 63.8. The van der Waals surface area contributed by atoms with E-state index < -0.39 is 217 Å². The SMILES string of the molecule is CCCCCCCC/C=C\CCCCCCCCCCCCCC(=O)N[C@@H](CO[C@@H]1OC(CO)[C@@H](O[C@@H]2OC(CO)[C@H](O)[C@H](O[C@@H]3OC(CO)[C@@H](O[C@@H]4OC(CO)[C@H](O)[C@H](O[C@@H]5OC(CO)[C@H](O)[C@H](O)C5NC(C)=O)C4O)[C@H](O)C3NC(C)=O)C2O)[C@H](O)C1O)[C@H](O)/C=C/CCCCCCCCCCCCC. The monoisotopic (exact) mass is 1540 g/mol. The van der Waals surface area contributed by atoms with Gasteiger partial charge in [-0.15, -0.1) is 0 Å². The summed E-state index contributed by atoms with van der Waals surface area (Å²) in [6.07, 6.45) is 0.170. The molecule has 0 aliphatic carbocycles. The molecule has 107 heavy (non-hydrogen) atoms. The predicted octanol–water partition coefficient (Wildman–Crippen LogP) is 1.87. The molecule has 0 aromatic rings. The highest BCUT2D eigenvalue weighted by atomic mass is 16.8. The second kappa shape index (κ2) is 53.1. The molecule has 31 heteroatoms. The summed E-state index contributed by atoms with van der Waals surface area (Å²) in [5.74, 6) is -1.89. The zero-order chi connectivity index (χ0) is 78.2. The van der Waals surface area contributed by atoms with Crippen molar-refractivity contribution in [1.82, 2.24) is 16.0 Å². The molecule has 5 saturated heterocycles. The first-order valence-corrected chi connectivity index (χ1v) is 40.1. The number of hydrogen-bond acceptors (Lipinski definition) is 28. The van der Waals surface area contributed by atoms with E-state index in [4.69, 9.17) is 47.4 Å². The number of aliphatic hydroxyl groups excluding tert-OH is 15. The average molecular weight is 1540 g/mol. The van der Waals surface area contributed by atoms with E-state index in [9.17, 15) is 91.0 Å². The molecule has 5 aliphatic heterocycles. The van der Waals surface area contributed by atoms with E-state index in [1.807, 2.05) is 6.08 Å². The van der Waals surface area contributed by atoms with Crippen LogP contribution in [0.3, 0.4) is 0 Å². The van der Waals surface area contributed by atoms with Gasteiger partial charge in [-0.2, -0.15) is 0 Å². The fraction of sp³-hybridized carbons (Fsp3) is 0.908. The van der Waals surface area contributed by atoms with E-state index in [1.54, 1.807) is 6.08 Å². The van der Waals surface area contributed by atoms with Crippen LogP contribution in [0.4, 0.5) is 0 Å². The molecule has 27 atom stereocenters. The zero-order valence-corrected chi connectivity index (χ0v) is 63.8. The summed E-state index contributed by atoms with van der Waals surface area (Å²) in [5, 5.41) is 175. The molecule has 0 spiro atoms. The normalized spacial score (nSPS) is 34.1. The molecule has 624 valence electrons. The largest absolute Gasteiger partial charge is 0.394 e. The summed E-state index contributed by atoms with van der Waals surface area (Å²) >= 11 is 0. The van der Waals surface area contributed by atoms with Crippen molar-refractivity contribution >= 4 is 17.7 Å². The van der Waals surface area contributed by atoms with Gasteiger partial charge in [-0.25, -0.2) is 0 Å². The number of aliphatic hydroxyl groups is 15. The summed E-state index contributed by atoms with van der Waals surface area (Å²) < 4.78 is 59.1. The van der Waals surface area contributed by atoms with Gasteiger partial charge in [0, 0.05) is 20.3 Å². The molecule has 5 fully saturated rings. The van der Waals surface area contributed by atoms with E-state index in [0.717, 1.165) is 71.6 Å². The van der Waals surface area contributed by atoms with Crippen LogP contribution in [0.5, 0.6) is 0 Å². The van der Waals surface area contributed by atoms with Crippen LogP contribution in [0.15, 0.2) is 24.3 Å². The van der Waals surface area contributed by atoms with Crippen molar-refractivity contribution in [2.24, 2.45) is 0 Å². The second-order valence-corrected chi connectivity index (χ2v) is 29.6. The van der Waals surface area contributed by atoms with Gasteiger partial charge in [0.15, 0.2) is 31.5 Å². The maximum Gasteiger partial charge on any atom is 0.220 e. The van der Waals surface area contributed by atoms with Crippen molar-refractivity contribution < 1.29 is 138 Å². The number of carbonyl (C=O) groups excluding carboxylic acids is 3. The van der Waals surface area contributed by atoms with Crippen molar-refractivity contribution in [3.63, 3.8) is 0 Å². The Hall–Kier alpha value is -3.11. The van der Waals surface area contributed by atoms with Crippen LogP contribution in [-0.4, -0.2) is 300 Å². The van der Waals surface area contributed by atoms with Crippen LogP contribution in [-0.2, 0) is 61.8 Å². The van der Waals surface area contributed by atoms with Gasteiger partial charge in [0.25, 0.3) is 0 Å². The molecule has 31 nitrogen and oxygen atoms in total. The lowest BCUT2D eigenvalue weighted by Crippen LogP contribution is -2.70. The first-order valence-electron chi connectivity index (χ1n) is 40.1. The number of unbranched alkanes of at least 4 members (excludes halogenated alkanes) is 28. The Balaban J connectivity index is 1.18. The molecular formula is C76H137N3O28. The summed E-state index contributed by atoms with van der Waals surface area (Å²) in [6.45, 7) is 1.39. The van der Waals surface area contributed by atoms with Crippen LogP contribution in [0.1, 0.15) is 233 Å². The Morgan fingerprint density at radius 1 is 0.364 bits per heavy atom. The topological polar surface area (TPSA) is 483 Å². The fourth-order valence-corrected chi connectivity index (χ4v) is 14.4. The number of carbonyl (C=O) groups is 3. The Bertz CT molecular complexity index is 2430. The molecular weight excluding hydrogens is 1400 g/mol. The van der Waals surface area contributed by atoms with Gasteiger partial charge in [0.1, 0.15) is 122 Å². The van der Waals surface area contributed by atoms with E-state index in [-0.39, 0.29) is 12.3 Å². The molecule has 5 aliphatic rings. The third-order valence-electron chi connectivity index (χ3n) is 20.8. The smallest absolute Gasteiger partial charge is 0.220 e. The minimum Gasteiger partial charge on any atom is -0.394 e. The Morgan fingerprint density at radius 3 is 1.11 bits per heavy atom. The van der Waals surface area contributed by atoms with Gasteiger partial charge in [-0.1, -0.05) is 192 Å². The molecule has 5 heterocycles. The standard InChI is InChI=1S/C76H137N3O28/c1-5-7-9-11-13-15-17-19-20-21-22-23-24-25-26-28-30-32-34-36-38-40-56(88)79-49(50(87)39-37-35-33-31-29-27-18-16-14-12-10-8-6-2)46-98-74-65(95)64(94)69(55(45-84)103-74)105-76-67(97)71(61(91)53(43-82)101-76)107-73-58(78-48(4)86)63(93)68(54(44-83)102-73)104-75-66(96)70(60(90)52(42-81)100-75)106-72-57(77-47(3)85)62(92)59(89)51(41-80)99-72/h19-20,37,39,49-55,57-76,80-84,87,89-97H,5-18,21-36,38,40-46H2,1-4H3,(H,77,85)(H,78,86)(H,79,88)/b20-19-,39-37+/t49-,50+,51?,52?,53?,54?,55?,57?,58?,59-,60-,61-,62+,63+,64+,65?,66?,67?,68+,69+,70-,71-,72-,73-,74+,75-,76-/m0/s1. The van der Waals surface area contributed by atoms with Gasteiger partial charge in [0.05, 0.1) is 51.8 Å². The second-order valence-electron chi connectivity index (χ2n) is 29.6. The van der Waals surface area contributed by atoms with Crippen LogP contribution >= 0.6 is 0 Å². The highest BCUT2D eigenvalue weighted by molar-refractivity contribution is 5.76. The molecule has 10 unspecified atom stereocenters. The fourth-order valence-electron chi connectivity index (χ4n) is 14.4. The molecule has 0 aromatic heterocycles. The molecule has 18 N–H and O–H groups in total. The number of hydrogen-bond donors (Lipinski definition) is 18. The summed E-state index contributed by atoms with van der Waals surface area (Å²) in [5.41, 5.74) is 0. The summed E-state index contributed by atoms with van der Waals surface area (Å²) in [7, 11) is 0. The van der Waals surface area contributed by atoms with E-state index >= 15 is 0 Å². The van der Waals surface area contributed by atoms with Crippen molar-refractivity contribution in [3.8, 4) is 0 Å². The number of nitrogens with one attached hydrogen (secondary N) is 3. The van der Waals surface area contributed by atoms with Gasteiger partial charge in [-0.05, 0) is 44.9 Å². The quantitative estimate of drug-likeness (QED) is 0.0305. The summed E-state index contributed by atoms with van der Waals surface area (Å²) in [6, 6.07) is -4.40. The molecule has 0 saturated carbocycles. The number of ether oxygens (including phenoxy) is 10. The lowest BCUT2D eigenvalue weighted by molar-refractivity contribution is -0.385. The number of allylic oxidation sites excluding steroid dienone is 3. The van der Waals surface area contributed by atoms with Crippen molar-refractivity contribution in [2.45, 2.75) is 399 Å². The Kier molecular flexibility index (Phi) is 46.8. The maximum absolute atomic E-state index is 13.5. The van der Waals surface area contributed by atoms with Crippen LogP contribution in [0.2, 0.25) is 0 Å². The Morgan fingerprint density at radius 2 is 0.701 bits per heavy atom. The number of rotatable bonds is 54. The molecule has 3 amide bonds. The molecule has 5 rings (SSSR count). The average Bonchev–Trinajstić information content (AvgIpc) is 0.775. The van der Waals surface area contributed by atoms with E-state index in [0.29, 0.717) is 12.8 Å². The maximum atomic E-state index is 13.5. The third kappa shape index (κ3) is 31.7.